The van der Waals surface area contributed by atoms with Crippen LogP contribution in [0.5, 0.6) is 0 Å². The predicted octanol–water partition coefficient (Wildman–Crippen LogP) is 3.08. The molecule has 0 radical (unpaired) electrons. The number of carbonyl (C=O) groups excluding carboxylic acids is 1. The molecule has 0 aliphatic carbocycles. The minimum absolute atomic E-state index is 0.0906. The molecular formula is C20H18N4O2. The van der Waals surface area contributed by atoms with Crippen LogP contribution in [0.1, 0.15) is 12.5 Å². The summed E-state index contributed by atoms with van der Waals surface area (Å²) in [5.41, 5.74) is 3.53. The number of aromatic amines is 1. The van der Waals surface area contributed by atoms with Gasteiger partial charge < -0.3 is 10.3 Å². The van der Waals surface area contributed by atoms with Crippen LogP contribution in [-0.4, -0.2) is 20.4 Å². The summed E-state index contributed by atoms with van der Waals surface area (Å²) >= 11 is 0. The maximum atomic E-state index is 12.7. The van der Waals surface area contributed by atoms with Gasteiger partial charge >= 0.3 is 0 Å². The molecule has 0 aliphatic rings. The van der Waals surface area contributed by atoms with Gasteiger partial charge in [0.2, 0.25) is 5.91 Å². The van der Waals surface area contributed by atoms with Crippen molar-refractivity contribution >= 4 is 33.5 Å². The topological polar surface area (TPSA) is 79.8 Å². The van der Waals surface area contributed by atoms with E-state index in [0.29, 0.717) is 16.7 Å². The van der Waals surface area contributed by atoms with E-state index in [9.17, 15) is 9.59 Å². The molecule has 6 nitrogen and oxygen atoms in total. The van der Waals surface area contributed by atoms with Crippen molar-refractivity contribution in [3.05, 3.63) is 70.8 Å². The Hall–Kier alpha value is -3.41. The van der Waals surface area contributed by atoms with Crippen molar-refractivity contribution in [2.45, 2.75) is 19.9 Å². The smallest absolute Gasteiger partial charge is 0.278 e. The van der Waals surface area contributed by atoms with Crippen LogP contribution in [0.15, 0.2) is 59.7 Å². The second-order valence-electron chi connectivity index (χ2n) is 6.17. The Labute approximate surface area is 149 Å². The highest BCUT2D eigenvalue weighted by Gasteiger charge is 2.12. The third-order valence-electron chi connectivity index (χ3n) is 4.44. The Bertz CT molecular complexity index is 1160. The summed E-state index contributed by atoms with van der Waals surface area (Å²) in [6, 6.07) is 15.3. The van der Waals surface area contributed by atoms with Crippen molar-refractivity contribution in [2.75, 3.05) is 5.32 Å². The van der Waals surface area contributed by atoms with Gasteiger partial charge in [-0.15, -0.1) is 0 Å². The quantitative estimate of drug-likeness (QED) is 0.596. The first kappa shape index (κ1) is 16.1. The van der Waals surface area contributed by atoms with Gasteiger partial charge in [-0.05, 0) is 30.2 Å². The average molecular weight is 346 g/mol. The molecule has 0 spiro atoms. The van der Waals surface area contributed by atoms with Crippen molar-refractivity contribution in [3.8, 4) is 0 Å². The van der Waals surface area contributed by atoms with Crippen molar-refractivity contribution < 1.29 is 4.79 Å². The molecule has 2 aromatic heterocycles. The number of fused-ring (bicyclic) bond motifs is 3. The van der Waals surface area contributed by atoms with Crippen LogP contribution in [0.3, 0.4) is 0 Å². The minimum atomic E-state index is -0.270. The SMILES string of the molecule is CCc1ccc(NC(=O)Cn2cnc3c([nH]c4ccccc43)c2=O)cc1. The van der Waals surface area contributed by atoms with Gasteiger partial charge in [-0.25, -0.2) is 4.98 Å². The van der Waals surface area contributed by atoms with E-state index < -0.39 is 0 Å². The monoisotopic (exact) mass is 346 g/mol. The number of hydrogen-bond donors (Lipinski definition) is 2. The Morgan fingerprint density at radius 1 is 1.15 bits per heavy atom. The number of nitrogens with one attached hydrogen (secondary N) is 2. The van der Waals surface area contributed by atoms with E-state index in [4.69, 9.17) is 0 Å². The van der Waals surface area contributed by atoms with Gasteiger partial charge in [-0.3, -0.25) is 14.2 Å². The fourth-order valence-corrected chi connectivity index (χ4v) is 3.03. The molecule has 0 bridgehead atoms. The van der Waals surface area contributed by atoms with Gasteiger partial charge in [-0.2, -0.15) is 0 Å². The summed E-state index contributed by atoms with van der Waals surface area (Å²) in [5, 5.41) is 3.70. The first-order valence-corrected chi connectivity index (χ1v) is 8.50. The molecule has 2 N–H and O–H groups in total. The number of hydrogen-bond acceptors (Lipinski definition) is 3. The van der Waals surface area contributed by atoms with Crippen LogP contribution in [0.4, 0.5) is 5.69 Å². The fourth-order valence-electron chi connectivity index (χ4n) is 3.03. The summed E-state index contributed by atoms with van der Waals surface area (Å²) in [4.78, 5) is 32.4. The van der Waals surface area contributed by atoms with E-state index in [1.165, 1.54) is 16.5 Å². The molecule has 4 aromatic rings. The molecule has 0 atom stereocenters. The Morgan fingerprint density at radius 3 is 2.69 bits per heavy atom. The van der Waals surface area contributed by atoms with E-state index in [0.717, 1.165) is 17.3 Å². The van der Waals surface area contributed by atoms with Crippen molar-refractivity contribution in [1.82, 2.24) is 14.5 Å². The molecule has 26 heavy (non-hydrogen) atoms. The zero-order valence-electron chi connectivity index (χ0n) is 14.3. The van der Waals surface area contributed by atoms with Gasteiger partial charge in [0.05, 0.1) is 6.33 Å². The standard InChI is InChI=1S/C20H18N4O2/c1-2-13-7-9-14(10-8-13)22-17(25)11-24-12-21-18-15-5-3-4-6-16(15)23-19(18)20(24)26/h3-10,12,23H,2,11H2,1H3,(H,22,25). The lowest BCUT2D eigenvalue weighted by molar-refractivity contribution is -0.116. The maximum Gasteiger partial charge on any atom is 0.278 e. The summed E-state index contributed by atoms with van der Waals surface area (Å²) in [7, 11) is 0. The number of aryl methyl sites for hydroxylation is 1. The number of amides is 1. The summed E-state index contributed by atoms with van der Waals surface area (Å²) < 4.78 is 1.31. The molecule has 0 saturated carbocycles. The van der Waals surface area contributed by atoms with E-state index in [1.807, 2.05) is 48.5 Å². The largest absolute Gasteiger partial charge is 0.349 e. The van der Waals surface area contributed by atoms with E-state index in [2.05, 4.69) is 22.2 Å². The zero-order valence-corrected chi connectivity index (χ0v) is 14.3. The summed E-state index contributed by atoms with van der Waals surface area (Å²) in [5.74, 6) is -0.270. The van der Waals surface area contributed by atoms with Gasteiger partial charge in [0.25, 0.3) is 5.56 Å². The molecule has 4 rings (SSSR count). The van der Waals surface area contributed by atoms with Crippen LogP contribution >= 0.6 is 0 Å². The molecule has 0 saturated heterocycles. The molecule has 1 amide bonds. The molecular weight excluding hydrogens is 328 g/mol. The Morgan fingerprint density at radius 2 is 1.92 bits per heavy atom. The van der Waals surface area contributed by atoms with Gasteiger partial charge in [0.1, 0.15) is 17.6 Å². The van der Waals surface area contributed by atoms with Crippen LogP contribution in [0.2, 0.25) is 0 Å². The number of H-pyrrole nitrogens is 1. The fraction of sp³-hybridized carbons (Fsp3) is 0.150. The number of anilines is 1. The number of aromatic nitrogens is 3. The number of benzene rings is 2. The molecule has 0 aliphatic heterocycles. The van der Waals surface area contributed by atoms with Crippen LogP contribution < -0.4 is 10.9 Å². The highest BCUT2D eigenvalue weighted by Crippen LogP contribution is 2.20. The third-order valence-corrected chi connectivity index (χ3v) is 4.44. The second kappa shape index (κ2) is 6.48. The normalized spacial score (nSPS) is 11.1. The van der Waals surface area contributed by atoms with Crippen molar-refractivity contribution in [3.63, 3.8) is 0 Å². The number of rotatable bonds is 4. The van der Waals surface area contributed by atoms with Crippen LogP contribution in [0, 0.1) is 0 Å². The number of nitrogens with zero attached hydrogens (tertiary/aromatic N) is 2. The highest BCUT2D eigenvalue weighted by atomic mass is 16.2. The third kappa shape index (κ3) is 2.86. The number of para-hydroxylation sites is 1. The summed E-state index contributed by atoms with van der Waals surface area (Å²) in [6.07, 6.45) is 2.37. The maximum absolute atomic E-state index is 12.7. The van der Waals surface area contributed by atoms with E-state index in [1.54, 1.807) is 0 Å². The van der Waals surface area contributed by atoms with Crippen molar-refractivity contribution in [1.29, 1.82) is 0 Å². The lowest BCUT2D eigenvalue weighted by Gasteiger charge is -2.08. The molecule has 130 valence electrons. The Balaban J connectivity index is 1.60. The Kier molecular flexibility index (Phi) is 4.01. The number of carbonyl (C=O) groups is 1. The lowest BCUT2D eigenvalue weighted by Crippen LogP contribution is -2.27. The lowest BCUT2D eigenvalue weighted by atomic mass is 10.1. The van der Waals surface area contributed by atoms with Gasteiger partial charge in [0, 0.05) is 16.6 Å². The minimum Gasteiger partial charge on any atom is -0.349 e. The molecule has 2 aromatic carbocycles. The second-order valence-corrected chi connectivity index (χ2v) is 6.17. The predicted molar refractivity (Wildman–Crippen MR) is 102 cm³/mol. The van der Waals surface area contributed by atoms with Gasteiger partial charge in [-0.1, -0.05) is 37.3 Å². The van der Waals surface area contributed by atoms with Crippen LogP contribution in [-0.2, 0) is 17.8 Å². The molecule has 0 unspecified atom stereocenters. The first-order chi connectivity index (χ1) is 12.7. The van der Waals surface area contributed by atoms with E-state index >= 15 is 0 Å². The van der Waals surface area contributed by atoms with E-state index in [-0.39, 0.29) is 18.0 Å². The molecule has 2 heterocycles. The van der Waals surface area contributed by atoms with Crippen LogP contribution in [0.25, 0.3) is 21.9 Å². The molecule has 0 fully saturated rings. The van der Waals surface area contributed by atoms with Gasteiger partial charge in [0.15, 0.2) is 0 Å². The average Bonchev–Trinajstić information content (AvgIpc) is 3.04. The first-order valence-electron chi connectivity index (χ1n) is 8.50. The van der Waals surface area contributed by atoms with Crippen molar-refractivity contribution in [2.24, 2.45) is 0 Å². The highest BCUT2D eigenvalue weighted by molar-refractivity contribution is 6.04. The summed E-state index contributed by atoms with van der Waals surface area (Å²) in [6.45, 7) is 1.99. The zero-order chi connectivity index (χ0) is 18.1. The molecule has 6 heteroatoms.